The third kappa shape index (κ3) is 2.75. The quantitative estimate of drug-likeness (QED) is 0.760. The highest BCUT2D eigenvalue weighted by molar-refractivity contribution is 7.13. The number of aliphatic hydroxyl groups excluding tert-OH is 1. The van der Waals surface area contributed by atoms with Gasteiger partial charge in [-0.25, -0.2) is 4.98 Å². The Morgan fingerprint density at radius 1 is 1.30 bits per heavy atom. The Morgan fingerprint density at radius 3 is 2.87 bits per heavy atom. The number of carbonyl (C=O) groups is 1. The van der Waals surface area contributed by atoms with E-state index in [-0.39, 0.29) is 12.0 Å². The van der Waals surface area contributed by atoms with Crippen molar-refractivity contribution in [2.24, 2.45) is 0 Å². The molecule has 0 aliphatic carbocycles. The number of likely N-dealkylation sites (tertiary alicyclic amines) is 1. The van der Waals surface area contributed by atoms with Gasteiger partial charge in [0.05, 0.1) is 11.8 Å². The van der Waals surface area contributed by atoms with Crippen LogP contribution in [0, 0.1) is 0 Å². The van der Waals surface area contributed by atoms with E-state index < -0.39 is 0 Å². The zero-order valence-corrected chi connectivity index (χ0v) is 13.3. The molecule has 2 N–H and O–H groups in total. The number of H-pyrrole nitrogens is 1. The highest BCUT2D eigenvalue weighted by Crippen LogP contribution is 2.27. The smallest absolute Gasteiger partial charge is 0.273 e. The summed E-state index contributed by atoms with van der Waals surface area (Å²) in [6.45, 7) is 1.19. The minimum absolute atomic E-state index is 0.0458. The van der Waals surface area contributed by atoms with Gasteiger partial charge in [-0.05, 0) is 25.0 Å². The van der Waals surface area contributed by atoms with Crippen molar-refractivity contribution in [3.05, 3.63) is 41.4 Å². The fourth-order valence-electron chi connectivity index (χ4n) is 2.92. The molecular weight excluding hydrogens is 310 g/mol. The molecule has 0 unspecified atom stereocenters. The van der Waals surface area contributed by atoms with Crippen LogP contribution >= 0.6 is 11.3 Å². The zero-order valence-electron chi connectivity index (χ0n) is 12.5. The molecule has 1 fully saturated rings. The molecule has 3 aromatic rings. The fourth-order valence-corrected chi connectivity index (χ4v) is 3.68. The molecule has 0 atom stereocenters. The lowest BCUT2D eigenvalue weighted by Crippen LogP contribution is -2.40. The standard InChI is InChI=1S/C17H17N3O2S/c21-12-5-7-20(8-6-12)17(22)15-10-23-16(19-15)14-9-11-3-1-2-4-13(11)18-14/h1-4,9-10,12,18,21H,5-8H2. The predicted octanol–water partition coefficient (Wildman–Crippen LogP) is 2.89. The molecule has 3 heterocycles. The molecule has 1 aliphatic rings. The fraction of sp³-hybridized carbons (Fsp3) is 0.294. The van der Waals surface area contributed by atoms with Crippen molar-refractivity contribution in [2.75, 3.05) is 13.1 Å². The number of amides is 1. The number of para-hydroxylation sites is 1. The van der Waals surface area contributed by atoms with Crippen molar-refractivity contribution >= 4 is 28.1 Å². The van der Waals surface area contributed by atoms with Crippen LogP contribution in [0.2, 0.25) is 0 Å². The molecule has 1 aromatic carbocycles. The molecule has 5 nitrogen and oxygen atoms in total. The van der Waals surface area contributed by atoms with Crippen LogP contribution in [0.1, 0.15) is 23.3 Å². The molecule has 0 radical (unpaired) electrons. The van der Waals surface area contributed by atoms with Crippen LogP contribution in [0.15, 0.2) is 35.7 Å². The number of hydrogen-bond donors (Lipinski definition) is 2. The predicted molar refractivity (Wildman–Crippen MR) is 90.6 cm³/mol. The van der Waals surface area contributed by atoms with E-state index in [1.165, 1.54) is 11.3 Å². The van der Waals surface area contributed by atoms with E-state index in [0.717, 1.165) is 21.6 Å². The third-order valence-electron chi connectivity index (χ3n) is 4.24. The van der Waals surface area contributed by atoms with Gasteiger partial charge >= 0.3 is 0 Å². The average molecular weight is 327 g/mol. The maximum absolute atomic E-state index is 12.5. The van der Waals surface area contributed by atoms with Crippen LogP contribution < -0.4 is 0 Å². The molecule has 118 valence electrons. The summed E-state index contributed by atoms with van der Waals surface area (Å²) in [7, 11) is 0. The number of rotatable bonds is 2. The van der Waals surface area contributed by atoms with Gasteiger partial charge in [0.1, 0.15) is 10.7 Å². The van der Waals surface area contributed by atoms with Gasteiger partial charge in [0, 0.05) is 29.4 Å². The first kappa shape index (κ1) is 14.4. The molecule has 0 saturated carbocycles. The monoisotopic (exact) mass is 327 g/mol. The number of aromatic amines is 1. The van der Waals surface area contributed by atoms with Gasteiger partial charge in [-0.1, -0.05) is 18.2 Å². The van der Waals surface area contributed by atoms with Crippen molar-refractivity contribution in [2.45, 2.75) is 18.9 Å². The summed E-state index contributed by atoms with van der Waals surface area (Å²) in [5.41, 5.74) is 2.49. The van der Waals surface area contributed by atoms with Crippen LogP contribution in [-0.2, 0) is 0 Å². The number of piperidine rings is 1. The first-order valence-corrected chi connectivity index (χ1v) is 8.59. The highest BCUT2D eigenvalue weighted by Gasteiger charge is 2.24. The van der Waals surface area contributed by atoms with Crippen LogP contribution in [0.25, 0.3) is 21.6 Å². The maximum Gasteiger partial charge on any atom is 0.273 e. The first-order chi connectivity index (χ1) is 11.2. The number of hydrogen-bond acceptors (Lipinski definition) is 4. The highest BCUT2D eigenvalue weighted by atomic mass is 32.1. The first-order valence-electron chi connectivity index (χ1n) is 7.72. The Kier molecular flexibility index (Phi) is 3.63. The van der Waals surface area contributed by atoms with E-state index in [9.17, 15) is 9.90 Å². The lowest BCUT2D eigenvalue weighted by molar-refractivity contribution is 0.0542. The molecule has 4 rings (SSSR count). The van der Waals surface area contributed by atoms with Crippen LogP contribution in [0.4, 0.5) is 0 Å². The van der Waals surface area contributed by atoms with E-state index in [0.29, 0.717) is 31.6 Å². The second-order valence-electron chi connectivity index (χ2n) is 5.83. The van der Waals surface area contributed by atoms with Crippen molar-refractivity contribution in [1.29, 1.82) is 0 Å². The normalized spacial score (nSPS) is 16.1. The molecular formula is C17H17N3O2S. The third-order valence-corrected chi connectivity index (χ3v) is 5.11. The zero-order chi connectivity index (χ0) is 15.8. The van der Waals surface area contributed by atoms with Gasteiger partial charge < -0.3 is 15.0 Å². The van der Waals surface area contributed by atoms with Crippen molar-refractivity contribution < 1.29 is 9.90 Å². The van der Waals surface area contributed by atoms with Crippen LogP contribution in [0.3, 0.4) is 0 Å². The number of nitrogens with zero attached hydrogens (tertiary/aromatic N) is 2. The number of fused-ring (bicyclic) bond motifs is 1. The molecule has 23 heavy (non-hydrogen) atoms. The molecule has 1 saturated heterocycles. The minimum Gasteiger partial charge on any atom is -0.393 e. The molecule has 6 heteroatoms. The van der Waals surface area contributed by atoms with Gasteiger partial charge in [-0.2, -0.15) is 0 Å². The Labute approximate surface area is 137 Å². The number of thiazole rings is 1. The summed E-state index contributed by atoms with van der Waals surface area (Å²) < 4.78 is 0. The summed E-state index contributed by atoms with van der Waals surface area (Å²) >= 11 is 1.47. The molecule has 0 spiro atoms. The summed E-state index contributed by atoms with van der Waals surface area (Å²) in [6.07, 6.45) is 1.01. The van der Waals surface area contributed by atoms with Gasteiger partial charge in [-0.3, -0.25) is 4.79 Å². The molecule has 1 aliphatic heterocycles. The lowest BCUT2D eigenvalue weighted by atomic mass is 10.1. The van der Waals surface area contributed by atoms with Crippen molar-refractivity contribution in [1.82, 2.24) is 14.9 Å². The van der Waals surface area contributed by atoms with Crippen LogP contribution in [0.5, 0.6) is 0 Å². The summed E-state index contributed by atoms with van der Waals surface area (Å²) in [5.74, 6) is -0.0458. The maximum atomic E-state index is 12.5. The Balaban J connectivity index is 1.57. The SMILES string of the molecule is O=C(c1csc(-c2cc3ccccc3[nH]2)n1)N1CCC(O)CC1. The van der Waals surface area contributed by atoms with Crippen LogP contribution in [-0.4, -0.2) is 45.1 Å². The Hall–Kier alpha value is -2.18. The number of aliphatic hydroxyl groups is 1. The Morgan fingerprint density at radius 2 is 2.09 bits per heavy atom. The summed E-state index contributed by atoms with van der Waals surface area (Å²) in [5, 5.41) is 13.3. The van der Waals surface area contributed by atoms with E-state index in [1.54, 1.807) is 4.90 Å². The van der Waals surface area contributed by atoms with Crippen molar-refractivity contribution in [3.8, 4) is 10.7 Å². The van der Waals surface area contributed by atoms with E-state index in [1.807, 2.05) is 29.6 Å². The van der Waals surface area contributed by atoms with E-state index in [4.69, 9.17) is 0 Å². The summed E-state index contributed by atoms with van der Waals surface area (Å²) in [4.78, 5) is 22.1. The molecule has 0 bridgehead atoms. The van der Waals surface area contributed by atoms with Gasteiger partial charge in [0.25, 0.3) is 5.91 Å². The number of aromatic nitrogens is 2. The average Bonchev–Trinajstić information content (AvgIpc) is 3.21. The van der Waals surface area contributed by atoms with Gasteiger partial charge in [0.15, 0.2) is 0 Å². The topological polar surface area (TPSA) is 69.2 Å². The molecule has 1 amide bonds. The van der Waals surface area contributed by atoms with E-state index in [2.05, 4.69) is 16.0 Å². The second-order valence-corrected chi connectivity index (χ2v) is 6.69. The van der Waals surface area contributed by atoms with Gasteiger partial charge in [-0.15, -0.1) is 11.3 Å². The Bertz CT molecular complexity index is 813. The second kappa shape index (κ2) is 5.79. The largest absolute Gasteiger partial charge is 0.393 e. The number of nitrogens with one attached hydrogen (secondary N) is 1. The number of benzene rings is 1. The van der Waals surface area contributed by atoms with E-state index >= 15 is 0 Å². The lowest BCUT2D eigenvalue weighted by Gasteiger charge is -2.28. The summed E-state index contributed by atoms with van der Waals surface area (Å²) in [6, 6.07) is 10.1. The van der Waals surface area contributed by atoms with Gasteiger partial charge in [0.2, 0.25) is 0 Å². The molecule has 2 aromatic heterocycles. The number of carbonyl (C=O) groups excluding carboxylic acids is 1. The minimum atomic E-state index is -0.281. The van der Waals surface area contributed by atoms with Crippen molar-refractivity contribution in [3.63, 3.8) is 0 Å².